The number of nitrogens with zero attached hydrogens (tertiary/aromatic N) is 1. The first kappa shape index (κ1) is 21.0. The first-order chi connectivity index (χ1) is 16.5. The third-order valence-electron chi connectivity index (χ3n) is 7.88. The zero-order valence-corrected chi connectivity index (χ0v) is 19.0. The lowest BCUT2D eigenvalue weighted by Crippen LogP contribution is -2.46. The summed E-state index contributed by atoms with van der Waals surface area (Å²) in [5, 5.41) is 2.83. The number of hydrogen-bond acceptors (Lipinski definition) is 5. The molecule has 1 saturated heterocycles. The topological polar surface area (TPSA) is 84.9 Å². The number of imide groups is 1. The third kappa shape index (κ3) is 3.14. The van der Waals surface area contributed by atoms with Gasteiger partial charge in [-0.2, -0.15) is 0 Å². The second-order valence-corrected chi connectivity index (χ2v) is 9.64. The molecule has 5 aliphatic rings. The summed E-state index contributed by atoms with van der Waals surface area (Å²) >= 11 is 0. The molecule has 0 unspecified atom stereocenters. The smallest absolute Gasteiger partial charge is 0.247 e. The Bertz CT molecular complexity index is 1170. The number of benzene rings is 2. The van der Waals surface area contributed by atoms with E-state index in [9.17, 15) is 14.4 Å². The maximum atomic E-state index is 13.2. The monoisotopic (exact) mass is 458 g/mol. The van der Waals surface area contributed by atoms with Crippen molar-refractivity contribution in [1.29, 1.82) is 0 Å². The van der Waals surface area contributed by atoms with Gasteiger partial charge in [-0.1, -0.05) is 24.3 Å². The fraction of sp³-hybridized carbons (Fsp3) is 0.370. The Kier molecular flexibility index (Phi) is 4.76. The standard InChI is InChI=1S/C27H26N2O5/c1-14(29-26(31)23-17-11-12-18(20-13-19(17)20)24(23)27(29)32)25(30)28-15-7-9-16(10-8-15)34-22-6-4-3-5-21(22)33-2/h3-12,14,17-20,23-24H,13H2,1-2H3,(H,28,30)/t14-,17+,18+,19-,20+,23-,24-/m0/s1. The van der Waals surface area contributed by atoms with Gasteiger partial charge >= 0.3 is 0 Å². The highest BCUT2D eigenvalue weighted by molar-refractivity contribution is 6.10. The second-order valence-electron chi connectivity index (χ2n) is 9.64. The van der Waals surface area contributed by atoms with Crippen LogP contribution in [0.15, 0.2) is 60.7 Å². The predicted molar refractivity (Wildman–Crippen MR) is 124 cm³/mol. The van der Waals surface area contributed by atoms with Crippen LogP contribution in [0.4, 0.5) is 5.69 Å². The van der Waals surface area contributed by atoms with Gasteiger partial charge in [0.05, 0.1) is 18.9 Å². The molecule has 7 nitrogen and oxygen atoms in total. The average molecular weight is 459 g/mol. The minimum Gasteiger partial charge on any atom is -0.493 e. The molecule has 1 aliphatic heterocycles. The Hall–Kier alpha value is -3.61. The normalized spacial score (nSPS) is 31.1. The molecule has 2 bridgehead atoms. The molecule has 7 rings (SSSR count). The maximum absolute atomic E-state index is 13.2. The Morgan fingerprint density at radius 3 is 2.12 bits per heavy atom. The maximum Gasteiger partial charge on any atom is 0.247 e. The summed E-state index contributed by atoms with van der Waals surface area (Å²) < 4.78 is 11.2. The zero-order chi connectivity index (χ0) is 23.6. The molecule has 7 atom stereocenters. The van der Waals surface area contributed by atoms with Crippen LogP contribution in [-0.4, -0.2) is 35.8 Å². The highest BCUT2D eigenvalue weighted by Crippen LogP contribution is 2.65. The van der Waals surface area contributed by atoms with Gasteiger partial charge in [0.15, 0.2) is 11.5 Å². The molecule has 7 heteroatoms. The van der Waals surface area contributed by atoms with E-state index < -0.39 is 6.04 Å². The Morgan fingerprint density at radius 1 is 0.941 bits per heavy atom. The molecule has 2 aromatic rings. The molecular formula is C27H26N2O5. The van der Waals surface area contributed by atoms with E-state index in [4.69, 9.17) is 9.47 Å². The summed E-state index contributed by atoms with van der Waals surface area (Å²) in [7, 11) is 1.58. The molecule has 0 radical (unpaired) electrons. The van der Waals surface area contributed by atoms with Crippen LogP contribution in [0.3, 0.4) is 0 Å². The molecule has 2 aromatic carbocycles. The largest absolute Gasteiger partial charge is 0.493 e. The third-order valence-corrected chi connectivity index (χ3v) is 7.88. The van der Waals surface area contributed by atoms with Crippen LogP contribution in [0, 0.1) is 35.5 Å². The van der Waals surface area contributed by atoms with Gasteiger partial charge < -0.3 is 14.8 Å². The number of carbonyl (C=O) groups is 3. The Labute approximate surface area is 197 Å². The number of hydrogen-bond donors (Lipinski definition) is 1. The van der Waals surface area contributed by atoms with E-state index in [1.807, 2.05) is 24.3 Å². The van der Waals surface area contributed by atoms with Crippen LogP contribution in [0.5, 0.6) is 17.2 Å². The van der Waals surface area contributed by atoms with Crippen LogP contribution >= 0.6 is 0 Å². The minimum atomic E-state index is -0.870. The number of methoxy groups -OCH3 is 1. The molecule has 34 heavy (non-hydrogen) atoms. The fourth-order valence-electron chi connectivity index (χ4n) is 6.16. The van der Waals surface area contributed by atoms with E-state index in [1.165, 1.54) is 4.90 Å². The number of likely N-dealkylation sites (tertiary alicyclic amines) is 1. The summed E-state index contributed by atoms with van der Waals surface area (Å²) in [4.78, 5) is 40.7. The van der Waals surface area contributed by atoms with Crippen LogP contribution in [0.1, 0.15) is 13.3 Å². The molecular weight excluding hydrogens is 432 g/mol. The van der Waals surface area contributed by atoms with Gasteiger partial charge in [-0.05, 0) is 73.4 Å². The highest BCUT2D eigenvalue weighted by atomic mass is 16.5. The summed E-state index contributed by atoms with van der Waals surface area (Å²) in [5.41, 5.74) is 0.559. The minimum absolute atomic E-state index is 0.146. The number of rotatable bonds is 6. The van der Waals surface area contributed by atoms with Gasteiger partial charge in [0.25, 0.3) is 0 Å². The number of ether oxygens (including phenoxy) is 2. The average Bonchev–Trinajstić information content (AvgIpc) is 3.63. The molecule has 3 fully saturated rings. The molecule has 4 aliphatic carbocycles. The quantitative estimate of drug-likeness (QED) is 0.525. The number of nitrogens with one attached hydrogen (secondary N) is 1. The molecule has 174 valence electrons. The fourth-order valence-corrected chi connectivity index (χ4v) is 6.16. The number of para-hydroxylation sites is 2. The van der Waals surface area contributed by atoms with Crippen molar-refractivity contribution in [2.45, 2.75) is 19.4 Å². The van der Waals surface area contributed by atoms with E-state index in [1.54, 1.807) is 38.3 Å². The Morgan fingerprint density at radius 2 is 1.53 bits per heavy atom. The number of anilines is 1. The highest BCUT2D eigenvalue weighted by Gasteiger charge is 2.67. The van der Waals surface area contributed by atoms with Crippen LogP contribution in [0.2, 0.25) is 0 Å². The Balaban J connectivity index is 1.13. The van der Waals surface area contributed by atoms with Gasteiger partial charge in [-0.25, -0.2) is 0 Å². The van der Waals surface area contributed by atoms with Crippen LogP contribution in [-0.2, 0) is 14.4 Å². The lowest BCUT2D eigenvalue weighted by Gasteiger charge is -2.37. The molecule has 2 saturated carbocycles. The van der Waals surface area contributed by atoms with E-state index in [2.05, 4.69) is 17.5 Å². The lowest BCUT2D eigenvalue weighted by molar-refractivity contribution is -0.146. The van der Waals surface area contributed by atoms with Crippen molar-refractivity contribution in [2.24, 2.45) is 35.5 Å². The second kappa shape index (κ2) is 7.72. The van der Waals surface area contributed by atoms with Gasteiger partial charge in [0.2, 0.25) is 17.7 Å². The van der Waals surface area contributed by atoms with Gasteiger partial charge in [-0.3, -0.25) is 19.3 Å². The van der Waals surface area contributed by atoms with E-state index in [-0.39, 0.29) is 41.4 Å². The SMILES string of the molecule is COc1ccccc1Oc1ccc(NC(=O)[C@H](C)N2C(=O)[C@H]3[C@@H]4C=C[C@H]([C@@H]5C[C@H]45)[C@@H]3C2=O)cc1. The van der Waals surface area contributed by atoms with Crippen molar-refractivity contribution in [3.05, 3.63) is 60.7 Å². The molecule has 3 amide bonds. The van der Waals surface area contributed by atoms with E-state index >= 15 is 0 Å². The van der Waals surface area contributed by atoms with Gasteiger partial charge in [-0.15, -0.1) is 0 Å². The van der Waals surface area contributed by atoms with Crippen LogP contribution < -0.4 is 14.8 Å². The summed E-state index contributed by atoms with van der Waals surface area (Å²) in [6.07, 6.45) is 5.38. The molecule has 0 aromatic heterocycles. The molecule has 1 heterocycles. The van der Waals surface area contributed by atoms with E-state index in [0.717, 1.165) is 6.42 Å². The van der Waals surface area contributed by atoms with Crippen molar-refractivity contribution in [3.63, 3.8) is 0 Å². The summed E-state index contributed by atoms with van der Waals surface area (Å²) in [6.45, 7) is 1.62. The number of amides is 3. The van der Waals surface area contributed by atoms with Gasteiger partial charge in [0, 0.05) is 5.69 Å². The summed E-state index contributed by atoms with van der Waals surface area (Å²) in [5.74, 6) is 1.79. The zero-order valence-electron chi connectivity index (χ0n) is 19.0. The number of allylic oxidation sites excluding steroid dienone is 2. The van der Waals surface area contributed by atoms with E-state index in [0.29, 0.717) is 34.8 Å². The van der Waals surface area contributed by atoms with Crippen molar-refractivity contribution >= 4 is 23.4 Å². The van der Waals surface area contributed by atoms with Crippen molar-refractivity contribution in [3.8, 4) is 17.2 Å². The van der Waals surface area contributed by atoms with Gasteiger partial charge in [0.1, 0.15) is 11.8 Å². The van der Waals surface area contributed by atoms with Crippen LogP contribution in [0.25, 0.3) is 0 Å². The molecule has 0 spiro atoms. The predicted octanol–water partition coefficient (Wildman–Crippen LogP) is 3.87. The van der Waals surface area contributed by atoms with Crippen molar-refractivity contribution in [2.75, 3.05) is 12.4 Å². The number of carbonyl (C=O) groups excluding carboxylic acids is 3. The first-order valence-corrected chi connectivity index (χ1v) is 11.7. The molecule has 1 N–H and O–H groups in total. The lowest BCUT2D eigenvalue weighted by atomic mass is 9.63. The summed E-state index contributed by atoms with van der Waals surface area (Å²) in [6, 6.07) is 13.4. The first-order valence-electron chi connectivity index (χ1n) is 11.7. The van der Waals surface area contributed by atoms with Crippen molar-refractivity contribution in [1.82, 2.24) is 4.90 Å². The van der Waals surface area contributed by atoms with Crippen molar-refractivity contribution < 1.29 is 23.9 Å².